The van der Waals surface area contributed by atoms with Crippen LogP contribution >= 0.6 is 0 Å². The number of hydrogen-bond donors (Lipinski definition) is 0. The second-order valence-electron chi connectivity index (χ2n) is 16.7. The van der Waals surface area contributed by atoms with Crippen molar-refractivity contribution in [2.45, 2.75) is 109 Å². The Morgan fingerprint density at radius 3 is 2.00 bits per heavy atom. The maximum absolute atomic E-state index is 2.62. The second kappa shape index (κ2) is 16.8. The van der Waals surface area contributed by atoms with Gasteiger partial charge in [-0.15, -0.1) is 0 Å². The summed E-state index contributed by atoms with van der Waals surface area (Å²) >= 11 is 0. The van der Waals surface area contributed by atoms with Gasteiger partial charge in [0.1, 0.15) is 0 Å². The Hall–Kier alpha value is -3.64. The van der Waals surface area contributed by atoms with Gasteiger partial charge in [-0.2, -0.15) is 0 Å². The number of fused-ring (bicyclic) bond motifs is 2. The molecule has 0 aromatic rings. The van der Waals surface area contributed by atoms with Gasteiger partial charge in [0.05, 0.1) is 0 Å². The lowest BCUT2D eigenvalue weighted by Gasteiger charge is -2.34. The van der Waals surface area contributed by atoms with E-state index >= 15 is 0 Å². The molecule has 0 aromatic heterocycles. The van der Waals surface area contributed by atoms with Crippen LogP contribution in [0.15, 0.2) is 166 Å². The Morgan fingerprint density at radius 1 is 0.569 bits per heavy atom. The van der Waals surface area contributed by atoms with Crippen LogP contribution in [0.3, 0.4) is 0 Å². The standard InChI is InChI=1S/C51H60/c1-3-13-39(14-4-1)35-46(50-23-11-19-44-17-7-9-21-48(44)50)34-27-38-25-30-42(31-26-38)43-32-28-41(29-33-43)37-47(36-40-15-5-2-6-16-40)51-24-12-20-45-18-8-10-22-49(45)51/h1-6,8-11,13,15,21-25,28,30,32,39-40,44-47H,7,12,14,16-20,26-27,29,31,33-37H2. The molecule has 0 nitrogen and oxygen atoms in total. The third kappa shape index (κ3) is 8.54. The highest BCUT2D eigenvalue weighted by Crippen LogP contribution is 2.45. The van der Waals surface area contributed by atoms with Crippen molar-refractivity contribution in [3.63, 3.8) is 0 Å². The first-order valence-corrected chi connectivity index (χ1v) is 20.9. The highest BCUT2D eigenvalue weighted by molar-refractivity contribution is 5.46. The topological polar surface area (TPSA) is 0 Å². The largest absolute Gasteiger partial charge is 0.0842 e. The van der Waals surface area contributed by atoms with Crippen LogP contribution in [-0.4, -0.2) is 0 Å². The highest BCUT2D eigenvalue weighted by atomic mass is 14.3. The molecular formula is C51H60. The average Bonchev–Trinajstić information content (AvgIpc) is 3.20. The molecule has 8 aliphatic carbocycles. The van der Waals surface area contributed by atoms with Crippen LogP contribution in [0.2, 0.25) is 0 Å². The van der Waals surface area contributed by atoms with Crippen molar-refractivity contribution in [2.24, 2.45) is 35.5 Å². The number of hydrogen-bond acceptors (Lipinski definition) is 0. The number of rotatable bonds is 12. The van der Waals surface area contributed by atoms with Gasteiger partial charge in [-0.3, -0.25) is 0 Å². The quantitative estimate of drug-likeness (QED) is 0.194. The van der Waals surface area contributed by atoms with Crippen LogP contribution in [0.1, 0.15) is 109 Å². The second-order valence-corrected chi connectivity index (χ2v) is 16.7. The fourth-order valence-corrected chi connectivity index (χ4v) is 10.5. The molecule has 51 heavy (non-hydrogen) atoms. The average molecular weight is 673 g/mol. The molecule has 0 bridgehead atoms. The number of allylic oxidation sites excluding steroid dienone is 28. The van der Waals surface area contributed by atoms with Crippen molar-refractivity contribution >= 4 is 0 Å². The summed E-state index contributed by atoms with van der Waals surface area (Å²) in [6.45, 7) is 0. The minimum atomic E-state index is 0.627. The third-order valence-corrected chi connectivity index (χ3v) is 13.4. The van der Waals surface area contributed by atoms with Gasteiger partial charge >= 0.3 is 0 Å². The maximum atomic E-state index is 2.62. The first-order chi connectivity index (χ1) is 25.3. The van der Waals surface area contributed by atoms with Crippen LogP contribution in [0.5, 0.6) is 0 Å². The summed E-state index contributed by atoms with van der Waals surface area (Å²) in [5.41, 5.74) is 13.2. The van der Waals surface area contributed by atoms with Gasteiger partial charge in [0.2, 0.25) is 0 Å². The molecular weight excluding hydrogens is 613 g/mol. The summed E-state index contributed by atoms with van der Waals surface area (Å²) in [4.78, 5) is 0. The summed E-state index contributed by atoms with van der Waals surface area (Å²) < 4.78 is 0. The van der Waals surface area contributed by atoms with Gasteiger partial charge in [-0.25, -0.2) is 0 Å². The molecule has 0 radical (unpaired) electrons. The Bertz CT molecular complexity index is 1740. The normalized spacial score (nSPS) is 29.3. The van der Waals surface area contributed by atoms with Gasteiger partial charge in [0.15, 0.2) is 0 Å². The Balaban J connectivity index is 0.935. The summed E-state index contributed by atoms with van der Waals surface area (Å²) in [6.07, 6.45) is 69.6. The van der Waals surface area contributed by atoms with E-state index in [4.69, 9.17) is 0 Å². The van der Waals surface area contributed by atoms with E-state index in [9.17, 15) is 0 Å². The molecule has 8 rings (SSSR count). The van der Waals surface area contributed by atoms with Crippen LogP contribution in [0.25, 0.3) is 0 Å². The van der Waals surface area contributed by atoms with Gasteiger partial charge in [0.25, 0.3) is 0 Å². The Morgan fingerprint density at radius 2 is 1.27 bits per heavy atom. The fourth-order valence-electron chi connectivity index (χ4n) is 10.5. The van der Waals surface area contributed by atoms with Crippen LogP contribution in [0, 0.1) is 35.5 Å². The molecule has 6 atom stereocenters. The lowest BCUT2D eigenvalue weighted by atomic mass is 9.70. The van der Waals surface area contributed by atoms with Crippen molar-refractivity contribution < 1.29 is 0 Å². The smallest absolute Gasteiger partial charge is 0.0119 e. The zero-order valence-electron chi connectivity index (χ0n) is 31.0. The van der Waals surface area contributed by atoms with E-state index in [1.807, 2.05) is 0 Å². The fraction of sp³-hybridized carbons (Fsp3) is 0.451. The summed E-state index contributed by atoms with van der Waals surface area (Å²) in [7, 11) is 0. The van der Waals surface area contributed by atoms with Crippen LogP contribution < -0.4 is 0 Å². The third-order valence-electron chi connectivity index (χ3n) is 13.4. The van der Waals surface area contributed by atoms with Crippen LogP contribution in [-0.2, 0) is 0 Å². The molecule has 0 saturated carbocycles. The molecule has 0 N–H and O–H groups in total. The molecule has 0 amide bonds. The maximum Gasteiger partial charge on any atom is -0.0119 e. The van der Waals surface area contributed by atoms with E-state index in [0.717, 1.165) is 11.8 Å². The lowest BCUT2D eigenvalue weighted by molar-refractivity contribution is 0.432. The van der Waals surface area contributed by atoms with E-state index in [2.05, 4.69) is 122 Å². The highest BCUT2D eigenvalue weighted by Gasteiger charge is 2.30. The summed E-state index contributed by atoms with van der Waals surface area (Å²) in [5.74, 6) is 4.10. The van der Waals surface area contributed by atoms with E-state index in [0.29, 0.717) is 23.7 Å². The minimum absolute atomic E-state index is 0.627. The van der Waals surface area contributed by atoms with Crippen LogP contribution in [0.4, 0.5) is 0 Å². The van der Waals surface area contributed by atoms with E-state index in [1.54, 1.807) is 44.6 Å². The van der Waals surface area contributed by atoms with Gasteiger partial charge in [0, 0.05) is 0 Å². The molecule has 8 aliphatic rings. The molecule has 0 heterocycles. The van der Waals surface area contributed by atoms with E-state index in [1.165, 1.54) is 109 Å². The summed E-state index contributed by atoms with van der Waals surface area (Å²) in [5, 5.41) is 0. The van der Waals surface area contributed by atoms with Crippen molar-refractivity contribution in [1.29, 1.82) is 0 Å². The van der Waals surface area contributed by atoms with Crippen molar-refractivity contribution in [1.82, 2.24) is 0 Å². The van der Waals surface area contributed by atoms with Gasteiger partial charge in [-0.1, -0.05) is 133 Å². The van der Waals surface area contributed by atoms with E-state index in [-0.39, 0.29) is 0 Å². The molecule has 0 saturated heterocycles. The Kier molecular flexibility index (Phi) is 11.3. The molecule has 0 spiro atoms. The molecule has 0 heteroatoms. The lowest BCUT2D eigenvalue weighted by Crippen LogP contribution is -2.20. The first kappa shape index (κ1) is 34.4. The molecule has 0 aromatic carbocycles. The first-order valence-electron chi connectivity index (χ1n) is 20.9. The van der Waals surface area contributed by atoms with Crippen molar-refractivity contribution in [2.75, 3.05) is 0 Å². The van der Waals surface area contributed by atoms with Gasteiger partial charge in [-0.05, 0) is 178 Å². The molecule has 0 aliphatic heterocycles. The molecule has 264 valence electrons. The van der Waals surface area contributed by atoms with Crippen molar-refractivity contribution in [3.05, 3.63) is 166 Å². The molecule has 6 unspecified atom stereocenters. The Labute approximate surface area is 309 Å². The SMILES string of the molecule is C1=CCC(CC(CC2=CC=C(C3=CC=C(CCC(CC4C=CC=CC4)C4=C5C=CCCC5CC=C4)CC3)CC2)C2=CCCC3CC=CC=C23)C=C1. The monoisotopic (exact) mass is 672 g/mol. The predicted octanol–water partition coefficient (Wildman–Crippen LogP) is 14.2. The predicted molar refractivity (Wildman–Crippen MR) is 219 cm³/mol. The summed E-state index contributed by atoms with van der Waals surface area (Å²) in [6, 6.07) is 0. The van der Waals surface area contributed by atoms with Crippen molar-refractivity contribution in [3.8, 4) is 0 Å². The molecule has 0 fully saturated rings. The zero-order chi connectivity index (χ0) is 34.2. The zero-order valence-corrected chi connectivity index (χ0v) is 31.0. The van der Waals surface area contributed by atoms with E-state index < -0.39 is 0 Å². The van der Waals surface area contributed by atoms with Gasteiger partial charge < -0.3 is 0 Å². The minimum Gasteiger partial charge on any atom is -0.0842 e.